The fourth-order valence-corrected chi connectivity index (χ4v) is 2.24. The summed E-state index contributed by atoms with van der Waals surface area (Å²) in [6.07, 6.45) is 0.0640. The molecule has 21 heavy (non-hydrogen) atoms. The Hall–Kier alpha value is -1.56. The highest BCUT2D eigenvalue weighted by molar-refractivity contribution is 14.1. The van der Waals surface area contributed by atoms with Crippen molar-refractivity contribution in [3.05, 3.63) is 63.2 Å². The Bertz CT molecular complexity index is 609. The third-order valence-corrected chi connectivity index (χ3v) is 3.63. The van der Waals surface area contributed by atoms with Crippen LogP contribution in [-0.4, -0.2) is 12.1 Å². The second-order valence-corrected chi connectivity index (χ2v) is 6.04. The van der Waals surface area contributed by atoms with Crippen LogP contribution in [-0.2, 0) is 11.3 Å². The Morgan fingerprint density at radius 3 is 2.52 bits per heavy atom. The molecule has 0 aromatic heterocycles. The normalized spacial score (nSPS) is 10.5. The molecule has 4 heteroatoms. The van der Waals surface area contributed by atoms with Crippen LogP contribution in [0.3, 0.4) is 0 Å². The fraction of sp³-hybridized carbons (Fsp3) is 0.235. The maximum absolute atomic E-state index is 12.1. The number of hydrogen-bond acceptors (Lipinski definition) is 3. The fourth-order valence-electron chi connectivity index (χ4n) is 1.78. The Balaban J connectivity index is 2.05. The second-order valence-electron chi connectivity index (χ2n) is 4.87. The van der Waals surface area contributed by atoms with Crippen molar-refractivity contribution >= 4 is 28.6 Å². The molecule has 0 saturated carbocycles. The predicted octanol–water partition coefficient (Wildman–Crippen LogP) is 4.44. The van der Waals surface area contributed by atoms with Crippen LogP contribution in [0.4, 0.5) is 0 Å². The number of hydrogen-bond donors (Lipinski definition) is 0. The Kier molecular flexibility index (Phi) is 5.61. The molecule has 0 fully saturated rings. The van der Waals surface area contributed by atoms with Gasteiger partial charge in [0, 0.05) is 0 Å². The average molecular weight is 396 g/mol. The molecule has 0 amide bonds. The molecule has 0 aliphatic rings. The molecule has 0 bridgehead atoms. The van der Waals surface area contributed by atoms with Crippen LogP contribution in [0.5, 0.6) is 5.75 Å². The molecular formula is C17H17IO3. The number of esters is 1. The molecule has 110 valence electrons. The number of halogens is 1. The van der Waals surface area contributed by atoms with Gasteiger partial charge in [-0.2, -0.15) is 0 Å². The van der Waals surface area contributed by atoms with E-state index in [1.165, 1.54) is 0 Å². The molecular weight excluding hydrogens is 379 g/mol. The monoisotopic (exact) mass is 396 g/mol. The molecule has 0 aliphatic carbocycles. The average Bonchev–Trinajstić information content (AvgIpc) is 2.47. The molecule has 0 unspecified atom stereocenters. The molecule has 2 aromatic carbocycles. The highest BCUT2D eigenvalue weighted by Crippen LogP contribution is 2.24. The Morgan fingerprint density at radius 2 is 1.86 bits per heavy atom. The number of benzene rings is 2. The van der Waals surface area contributed by atoms with Crippen molar-refractivity contribution in [1.29, 1.82) is 0 Å². The van der Waals surface area contributed by atoms with Gasteiger partial charge in [-0.1, -0.05) is 30.3 Å². The summed E-state index contributed by atoms with van der Waals surface area (Å²) >= 11 is 2.19. The van der Waals surface area contributed by atoms with Crippen molar-refractivity contribution in [3.63, 3.8) is 0 Å². The van der Waals surface area contributed by atoms with Gasteiger partial charge in [0.25, 0.3) is 0 Å². The van der Waals surface area contributed by atoms with Crippen LogP contribution < -0.4 is 4.74 Å². The zero-order valence-electron chi connectivity index (χ0n) is 12.0. The van der Waals surface area contributed by atoms with Crippen molar-refractivity contribution in [2.75, 3.05) is 0 Å². The SMILES string of the molecule is CC(C)Oc1cc(C(=O)OCc2ccccc2)ccc1I. The van der Waals surface area contributed by atoms with E-state index in [0.717, 1.165) is 9.13 Å². The van der Waals surface area contributed by atoms with Gasteiger partial charge in [-0.05, 0) is 60.2 Å². The van der Waals surface area contributed by atoms with E-state index >= 15 is 0 Å². The van der Waals surface area contributed by atoms with Crippen molar-refractivity contribution in [1.82, 2.24) is 0 Å². The van der Waals surface area contributed by atoms with E-state index in [0.29, 0.717) is 11.3 Å². The highest BCUT2D eigenvalue weighted by atomic mass is 127. The lowest BCUT2D eigenvalue weighted by Crippen LogP contribution is -2.09. The molecule has 0 aliphatic heterocycles. The van der Waals surface area contributed by atoms with E-state index in [-0.39, 0.29) is 18.7 Å². The molecule has 0 radical (unpaired) electrons. The van der Waals surface area contributed by atoms with Gasteiger partial charge < -0.3 is 9.47 Å². The highest BCUT2D eigenvalue weighted by Gasteiger charge is 2.12. The summed E-state index contributed by atoms with van der Waals surface area (Å²) in [5.74, 6) is 0.364. The summed E-state index contributed by atoms with van der Waals surface area (Å²) in [5.41, 5.74) is 1.47. The van der Waals surface area contributed by atoms with Gasteiger partial charge in [0.2, 0.25) is 0 Å². The number of carbonyl (C=O) groups excluding carboxylic acids is 1. The number of rotatable bonds is 5. The van der Waals surface area contributed by atoms with Crippen LogP contribution >= 0.6 is 22.6 Å². The van der Waals surface area contributed by atoms with Gasteiger partial charge in [-0.15, -0.1) is 0 Å². The topological polar surface area (TPSA) is 35.5 Å². The minimum atomic E-state index is -0.344. The van der Waals surface area contributed by atoms with Crippen molar-refractivity contribution in [3.8, 4) is 5.75 Å². The van der Waals surface area contributed by atoms with Gasteiger partial charge >= 0.3 is 5.97 Å². The lowest BCUT2D eigenvalue weighted by Gasteiger charge is -2.12. The molecule has 0 spiro atoms. The van der Waals surface area contributed by atoms with Crippen LogP contribution in [0.15, 0.2) is 48.5 Å². The Labute approximate surface area is 138 Å². The van der Waals surface area contributed by atoms with Crippen LogP contribution in [0, 0.1) is 3.57 Å². The van der Waals surface area contributed by atoms with Gasteiger partial charge in [0.1, 0.15) is 12.4 Å². The van der Waals surface area contributed by atoms with E-state index in [1.54, 1.807) is 12.1 Å². The zero-order valence-corrected chi connectivity index (χ0v) is 14.2. The van der Waals surface area contributed by atoms with E-state index < -0.39 is 0 Å². The molecule has 0 heterocycles. The van der Waals surface area contributed by atoms with E-state index in [2.05, 4.69) is 22.6 Å². The van der Waals surface area contributed by atoms with Crippen molar-refractivity contribution < 1.29 is 14.3 Å². The second kappa shape index (κ2) is 7.45. The molecule has 0 atom stereocenters. The lowest BCUT2D eigenvalue weighted by molar-refractivity contribution is 0.0472. The number of carbonyl (C=O) groups is 1. The zero-order chi connectivity index (χ0) is 15.2. The van der Waals surface area contributed by atoms with Crippen LogP contribution in [0.25, 0.3) is 0 Å². The minimum Gasteiger partial charge on any atom is -0.490 e. The van der Waals surface area contributed by atoms with Gasteiger partial charge in [0.05, 0.1) is 15.2 Å². The molecule has 2 rings (SSSR count). The number of ether oxygens (including phenoxy) is 2. The third kappa shape index (κ3) is 4.74. The maximum Gasteiger partial charge on any atom is 0.338 e. The summed E-state index contributed by atoms with van der Waals surface area (Å²) in [4.78, 5) is 12.1. The van der Waals surface area contributed by atoms with Crippen molar-refractivity contribution in [2.45, 2.75) is 26.6 Å². The van der Waals surface area contributed by atoms with Gasteiger partial charge in [-0.3, -0.25) is 0 Å². The predicted molar refractivity (Wildman–Crippen MR) is 90.5 cm³/mol. The minimum absolute atomic E-state index is 0.0640. The first-order valence-corrected chi connectivity index (χ1v) is 7.81. The van der Waals surface area contributed by atoms with Gasteiger partial charge in [-0.25, -0.2) is 4.79 Å². The molecule has 3 nitrogen and oxygen atoms in total. The first-order chi connectivity index (χ1) is 10.1. The van der Waals surface area contributed by atoms with Crippen LogP contribution in [0.2, 0.25) is 0 Å². The smallest absolute Gasteiger partial charge is 0.338 e. The standard InChI is InChI=1S/C17H17IO3/c1-12(2)21-16-10-14(8-9-15(16)18)17(19)20-11-13-6-4-3-5-7-13/h3-10,12H,11H2,1-2H3. The van der Waals surface area contributed by atoms with E-state index in [4.69, 9.17) is 9.47 Å². The summed E-state index contributed by atoms with van der Waals surface area (Å²) in [6.45, 7) is 4.18. The summed E-state index contributed by atoms with van der Waals surface area (Å²) in [5, 5.41) is 0. The van der Waals surface area contributed by atoms with Gasteiger partial charge in [0.15, 0.2) is 0 Å². The molecule has 0 saturated heterocycles. The van der Waals surface area contributed by atoms with E-state index in [1.807, 2.05) is 50.2 Å². The summed E-state index contributed by atoms with van der Waals surface area (Å²) in [7, 11) is 0. The summed E-state index contributed by atoms with van der Waals surface area (Å²) in [6, 6.07) is 15.0. The van der Waals surface area contributed by atoms with Crippen molar-refractivity contribution in [2.24, 2.45) is 0 Å². The third-order valence-electron chi connectivity index (χ3n) is 2.74. The Morgan fingerprint density at radius 1 is 1.14 bits per heavy atom. The lowest BCUT2D eigenvalue weighted by atomic mass is 10.2. The molecule has 0 N–H and O–H groups in total. The maximum atomic E-state index is 12.1. The van der Waals surface area contributed by atoms with E-state index in [9.17, 15) is 4.79 Å². The summed E-state index contributed by atoms with van der Waals surface area (Å²) < 4.78 is 12.0. The largest absolute Gasteiger partial charge is 0.490 e. The first-order valence-electron chi connectivity index (χ1n) is 6.73. The quantitative estimate of drug-likeness (QED) is 0.554. The first kappa shape index (κ1) is 15.8. The molecule has 2 aromatic rings. The van der Waals surface area contributed by atoms with Crippen LogP contribution in [0.1, 0.15) is 29.8 Å².